The number of piperidine rings is 1. The van der Waals surface area contributed by atoms with E-state index in [-0.39, 0.29) is 0 Å². The molecule has 100 valence electrons. The quantitative estimate of drug-likeness (QED) is 0.914. The molecule has 1 aromatic heterocycles. The summed E-state index contributed by atoms with van der Waals surface area (Å²) in [5, 5.41) is 4.63. The standard InChI is InChI=1S/C16H21N3/c1-19(12-13-8-10-17-11-9-13)16-7-6-14-4-2-3-5-15(14)18-16/h2-7,13,17H,8-12H2,1H3. The van der Waals surface area contributed by atoms with Crippen molar-refractivity contribution in [3.05, 3.63) is 36.4 Å². The topological polar surface area (TPSA) is 28.2 Å². The lowest BCUT2D eigenvalue weighted by atomic mass is 9.98. The summed E-state index contributed by atoms with van der Waals surface area (Å²) >= 11 is 0. The first-order valence-electron chi connectivity index (χ1n) is 7.10. The normalized spacial score (nSPS) is 16.7. The van der Waals surface area contributed by atoms with Gasteiger partial charge in [-0.3, -0.25) is 0 Å². The van der Waals surface area contributed by atoms with Gasteiger partial charge in [0.15, 0.2) is 0 Å². The molecule has 0 saturated carbocycles. The third-order valence-corrected chi connectivity index (χ3v) is 3.97. The maximum Gasteiger partial charge on any atom is 0.128 e. The number of aromatic nitrogens is 1. The van der Waals surface area contributed by atoms with Gasteiger partial charge in [-0.1, -0.05) is 18.2 Å². The molecule has 3 heteroatoms. The van der Waals surface area contributed by atoms with Gasteiger partial charge >= 0.3 is 0 Å². The maximum atomic E-state index is 4.75. The largest absolute Gasteiger partial charge is 0.359 e. The van der Waals surface area contributed by atoms with Gasteiger partial charge < -0.3 is 10.2 Å². The Morgan fingerprint density at radius 2 is 1.95 bits per heavy atom. The lowest BCUT2D eigenvalue weighted by Gasteiger charge is -2.28. The Morgan fingerprint density at radius 3 is 2.79 bits per heavy atom. The second kappa shape index (κ2) is 5.57. The summed E-state index contributed by atoms with van der Waals surface area (Å²) in [6.45, 7) is 3.42. The number of benzene rings is 1. The molecule has 1 saturated heterocycles. The van der Waals surface area contributed by atoms with Crippen molar-refractivity contribution in [1.29, 1.82) is 0 Å². The van der Waals surface area contributed by atoms with Crippen LogP contribution in [0.4, 0.5) is 5.82 Å². The number of rotatable bonds is 3. The highest BCUT2D eigenvalue weighted by atomic mass is 15.2. The van der Waals surface area contributed by atoms with Crippen LogP contribution in [0.1, 0.15) is 12.8 Å². The molecule has 3 rings (SSSR count). The average Bonchev–Trinajstić information content (AvgIpc) is 2.48. The van der Waals surface area contributed by atoms with Crippen molar-refractivity contribution < 1.29 is 0 Å². The molecule has 19 heavy (non-hydrogen) atoms. The van der Waals surface area contributed by atoms with Gasteiger partial charge in [0.2, 0.25) is 0 Å². The summed E-state index contributed by atoms with van der Waals surface area (Å²) in [6, 6.07) is 12.6. The molecule has 2 aromatic rings. The minimum Gasteiger partial charge on any atom is -0.359 e. The molecule has 0 bridgehead atoms. The van der Waals surface area contributed by atoms with Crippen molar-refractivity contribution in [3.8, 4) is 0 Å². The van der Waals surface area contributed by atoms with Crippen molar-refractivity contribution in [3.63, 3.8) is 0 Å². The fourth-order valence-electron chi connectivity index (χ4n) is 2.81. The molecular weight excluding hydrogens is 234 g/mol. The van der Waals surface area contributed by atoms with E-state index in [2.05, 4.69) is 47.6 Å². The third kappa shape index (κ3) is 2.87. The third-order valence-electron chi connectivity index (χ3n) is 3.97. The highest BCUT2D eigenvalue weighted by Crippen LogP contribution is 2.20. The van der Waals surface area contributed by atoms with Gasteiger partial charge in [0.05, 0.1) is 5.52 Å². The number of anilines is 1. The Hall–Kier alpha value is -1.61. The Labute approximate surface area is 114 Å². The molecule has 0 amide bonds. The Bertz CT molecular complexity index is 546. The summed E-state index contributed by atoms with van der Waals surface area (Å²) in [5.41, 5.74) is 1.08. The van der Waals surface area contributed by atoms with Gasteiger partial charge in [-0.15, -0.1) is 0 Å². The summed E-state index contributed by atoms with van der Waals surface area (Å²) in [7, 11) is 2.15. The van der Waals surface area contributed by atoms with Crippen LogP contribution in [0.5, 0.6) is 0 Å². The van der Waals surface area contributed by atoms with Gasteiger partial charge in [-0.2, -0.15) is 0 Å². The van der Waals surface area contributed by atoms with E-state index >= 15 is 0 Å². The minimum absolute atomic E-state index is 0.791. The van der Waals surface area contributed by atoms with E-state index in [1.165, 1.54) is 18.2 Å². The Kier molecular flexibility index (Phi) is 3.65. The molecule has 0 unspecified atom stereocenters. The molecule has 0 radical (unpaired) electrons. The number of hydrogen-bond acceptors (Lipinski definition) is 3. The summed E-state index contributed by atoms with van der Waals surface area (Å²) in [5.74, 6) is 1.87. The molecule has 1 aliphatic heterocycles. The number of pyridine rings is 1. The van der Waals surface area contributed by atoms with Crippen LogP contribution in [0, 0.1) is 5.92 Å². The van der Waals surface area contributed by atoms with Gasteiger partial charge in [0.1, 0.15) is 5.82 Å². The average molecular weight is 255 g/mol. The van der Waals surface area contributed by atoms with Crippen LogP contribution in [0.3, 0.4) is 0 Å². The molecule has 1 aliphatic rings. The first-order chi connectivity index (χ1) is 9.33. The first-order valence-corrected chi connectivity index (χ1v) is 7.10. The van der Waals surface area contributed by atoms with Crippen molar-refractivity contribution >= 4 is 16.7 Å². The number of fused-ring (bicyclic) bond motifs is 1. The molecule has 0 atom stereocenters. The number of para-hydroxylation sites is 1. The molecule has 2 heterocycles. The second-order valence-electron chi connectivity index (χ2n) is 5.44. The zero-order valence-electron chi connectivity index (χ0n) is 11.5. The molecule has 3 nitrogen and oxygen atoms in total. The van der Waals surface area contributed by atoms with Crippen molar-refractivity contribution in [2.24, 2.45) is 5.92 Å². The second-order valence-corrected chi connectivity index (χ2v) is 5.44. The van der Waals surface area contributed by atoms with Gasteiger partial charge in [0.25, 0.3) is 0 Å². The summed E-state index contributed by atoms with van der Waals surface area (Å²) in [4.78, 5) is 7.05. The fraction of sp³-hybridized carbons (Fsp3) is 0.438. The zero-order valence-corrected chi connectivity index (χ0v) is 11.5. The van der Waals surface area contributed by atoms with Crippen LogP contribution in [0.2, 0.25) is 0 Å². The summed E-state index contributed by atoms with van der Waals surface area (Å²) in [6.07, 6.45) is 2.55. The minimum atomic E-state index is 0.791. The van der Waals surface area contributed by atoms with Crippen molar-refractivity contribution in [1.82, 2.24) is 10.3 Å². The number of hydrogen-bond donors (Lipinski definition) is 1. The molecule has 1 N–H and O–H groups in total. The molecule has 1 fully saturated rings. The van der Waals surface area contributed by atoms with E-state index in [9.17, 15) is 0 Å². The molecule has 0 aliphatic carbocycles. The van der Waals surface area contributed by atoms with Gasteiger partial charge in [0, 0.05) is 19.0 Å². The number of nitrogens with one attached hydrogen (secondary N) is 1. The van der Waals surface area contributed by atoms with Crippen LogP contribution in [0.15, 0.2) is 36.4 Å². The van der Waals surface area contributed by atoms with Crippen LogP contribution in [0.25, 0.3) is 10.9 Å². The van der Waals surface area contributed by atoms with E-state index in [0.29, 0.717) is 0 Å². The van der Waals surface area contributed by atoms with Crippen LogP contribution in [-0.2, 0) is 0 Å². The Morgan fingerprint density at radius 1 is 1.16 bits per heavy atom. The summed E-state index contributed by atoms with van der Waals surface area (Å²) < 4.78 is 0. The zero-order chi connectivity index (χ0) is 13.1. The smallest absolute Gasteiger partial charge is 0.128 e. The van der Waals surface area contributed by atoms with Crippen LogP contribution < -0.4 is 10.2 Å². The van der Waals surface area contributed by atoms with E-state index in [1.54, 1.807) is 0 Å². The number of nitrogens with zero attached hydrogens (tertiary/aromatic N) is 2. The van der Waals surface area contributed by atoms with Crippen molar-refractivity contribution in [2.75, 3.05) is 31.6 Å². The molecule has 0 spiro atoms. The lowest BCUT2D eigenvalue weighted by molar-refractivity contribution is 0.377. The van der Waals surface area contributed by atoms with Crippen LogP contribution >= 0.6 is 0 Å². The SMILES string of the molecule is CN(CC1CCNCC1)c1ccc2ccccc2n1. The van der Waals surface area contributed by atoms with Gasteiger partial charge in [-0.05, 0) is 50.0 Å². The monoisotopic (exact) mass is 255 g/mol. The molecular formula is C16H21N3. The fourth-order valence-corrected chi connectivity index (χ4v) is 2.81. The van der Waals surface area contributed by atoms with E-state index in [0.717, 1.165) is 36.9 Å². The van der Waals surface area contributed by atoms with Crippen molar-refractivity contribution in [2.45, 2.75) is 12.8 Å². The highest BCUT2D eigenvalue weighted by molar-refractivity contribution is 5.80. The highest BCUT2D eigenvalue weighted by Gasteiger charge is 2.15. The molecule has 1 aromatic carbocycles. The first kappa shape index (κ1) is 12.4. The lowest BCUT2D eigenvalue weighted by Crippen LogP contribution is -2.34. The predicted octanol–water partition coefficient (Wildman–Crippen LogP) is 2.67. The van der Waals surface area contributed by atoms with Crippen LogP contribution in [-0.4, -0.2) is 31.7 Å². The van der Waals surface area contributed by atoms with Gasteiger partial charge in [-0.25, -0.2) is 4.98 Å². The van der Waals surface area contributed by atoms with E-state index < -0.39 is 0 Å². The van der Waals surface area contributed by atoms with E-state index in [1.807, 2.05) is 6.07 Å². The predicted molar refractivity (Wildman–Crippen MR) is 80.6 cm³/mol. The Balaban J connectivity index is 1.75. The maximum absolute atomic E-state index is 4.75. The van der Waals surface area contributed by atoms with E-state index in [4.69, 9.17) is 4.98 Å².